The minimum atomic E-state index is 0.719. The molecule has 21 heavy (non-hydrogen) atoms. The number of hydrogen-bond acceptors (Lipinski definition) is 2. The van der Waals surface area contributed by atoms with Crippen LogP contribution in [0.3, 0.4) is 0 Å². The van der Waals surface area contributed by atoms with Crippen LogP contribution in [-0.4, -0.2) is 0 Å². The smallest absolute Gasteiger partial charge is 0.0593 e. The SMILES string of the molecule is Clc1cccc(NCc2cc(-c3ccccc3)cs2)c1Br. The van der Waals surface area contributed by atoms with Gasteiger partial charge in [-0.05, 0) is 50.6 Å². The van der Waals surface area contributed by atoms with Crippen molar-refractivity contribution in [1.29, 1.82) is 0 Å². The third-order valence-corrected chi connectivity index (χ3v) is 5.50. The Morgan fingerprint density at radius 2 is 1.81 bits per heavy atom. The standard InChI is InChI=1S/C17H13BrClNS/c18-17-15(19)7-4-8-16(17)20-10-14-9-13(11-21-14)12-5-2-1-3-6-12/h1-9,11,20H,10H2. The molecule has 0 amide bonds. The van der Waals surface area contributed by atoms with Crippen molar-refractivity contribution in [3.05, 3.63) is 74.3 Å². The second kappa shape index (κ2) is 6.65. The summed E-state index contributed by atoms with van der Waals surface area (Å²) in [6.07, 6.45) is 0. The minimum Gasteiger partial charge on any atom is -0.379 e. The van der Waals surface area contributed by atoms with Crippen LogP contribution in [0.4, 0.5) is 5.69 Å². The van der Waals surface area contributed by atoms with E-state index < -0.39 is 0 Å². The van der Waals surface area contributed by atoms with Crippen molar-refractivity contribution >= 4 is 44.6 Å². The summed E-state index contributed by atoms with van der Waals surface area (Å²) in [5.74, 6) is 0. The number of halogens is 2. The molecule has 0 fully saturated rings. The van der Waals surface area contributed by atoms with Crippen LogP contribution < -0.4 is 5.32 Å². The van der Waals surface area contributed by atoms with Gasteiger partial charge in [-0.3, -0.25) is 0 Å². The van der Waals surface area contributed by atoms with Crippen LogP contribution in [-0.2, 0) is 6.54 Å². The van der Waals surface area contributed by atoms with Crippen LogP contribution >= 0.6 is 38.9 Å². The maximum atomic E-state index is 6.10. The van der Waals surface area contributed by atoms with Gasteiger partial charge in [0.1, 0.15) is 0 Å². The number of anilines is 1. The van der Waals surface area contributed by atoms with Crippen LogP contribution in [0.2, 0.25) is 5.02 Å². The zero-order chi connectivity index (χ0) is 14.7. The monoisotopic (exact) mass is 377 g/mol. The second-order valence-corrected chi connectivity index (χ2v) is 6.82. The maximum Gasteiger partial charge on any atom is 0.0593 e. The molecule has 0 spiro atoms. The Morgan fingerprint density at radius 1 is 1.00 bits per heavy atom. The molecule has 106 valence electrons. The molecule has 0 aliphatic heterocycles. The zero-order valence-electron chi connectivity index (χ0n) is 11.1. The maximum absolute atomic E-state index is 6.10. The third-order valence-electron chi connectivity index (χ3n) is 3.17. The molecular weight excluding hydrogens is 366 g/mol. The molecular formula is C17H13BrClNS. The summed E-state index contributed by atoms with van der Waals surface area (Å²) in [7, 11) is 0. The first-order chi connectivity index (χ1) is 10.2. The molecule has 0 saturated heterocycles. The summed E-state index contributed by atoms with van der Waals surface area (Å²) in [5, 5.41) is 6.33. The van der Waals surface area contributed by atoms with E-state index in [-0.39, 0.29) is 0 Å². The van der Waals surface area contributed by atoms with Crippen LogP contribution in [0, 0.1) is 0 Å². The Kier molecular flexibility index (Phi) is 4.63. The largest absolute Gasteiger partial charge is 0.379 e. The van der Waals surface area contributed by atoms with Gasteiger partial charge in [-0.1, -0.05) is 48.0 Å². The summed E-state index contributed by atoms with van der Waals surface area (Å²) >= 11 is 11.4. The van der Waals surface area contributed by atoms with Crippen molar-refractivity contribution in [3.8, 4) is 11.1 Å². The van der Waals surface area contributed by atoms with Crippen molar-refractivity contribution in [1.82, 2.24) is 0 Å². The predicted molar refractivity (Wildman–Crippen MR) is 96.2 cm³/mol. The molecule has 3 aromatic rings. The van der Waals surface area contributed by atoms with Gasteiger partial charge in [0, 0.05) is 11.4 Å². The molecule has 1 aromatic heterocycles. The molecule has 3 rings (SSSR count). The third kappa shape index (κ3) is 3.49. The highest BCUT2D eigenvalue weighted by molar-refractivity contribution is 9.10. The molecule has 0 aliphatic rings. The fourth-order valence-corrected chi connectivity index (χ4v) is 3.49. The first kappa shape index (κ1) is 14.6. The van der Waals surface area contributed by atoms with Gasteiger partial charge >= 0.3 is 0 Å². The quantitative estimate of drug-likeness (QED) is 0.550. The number of rotatable bonds is 4. The van der Waals surface area contributed by atoms with E-state index in [1.807, 2.05) is 24.3 Å². The normalized spacial score (nSPS) is 10.6. The van der Waals surface area contributed by atoms with E-state index in [1.54, 1.807) is 11.3 Å². The molecule has 0 bridgehead atoms. The number of nitrogens with one attached hydrogen (secondary N) is 1. The molecule has 4 heteroatoms. The van der Waals surface area contributed by atoms with E-state index in [2.05, 4.69) is 57.0 Å². The van der Waals surface area contributed by atoms with Gasteiger partial charge in [0.15, 0.2) is 0 Å². The summed E-state index contributed by atoms with van der Waals surface area (Å²) in [4.78, 5) is 1.29. The van der Waals surface area contributed by atoms with E-state index in [0.717, 1.165) is 21.7 Å². The summed E-state index contributed by atoms with van der Waals surface area (Å²) in [5.41, 5.74) is 3.53. The van der Waals surface area contributed by atoms with Gasteiger partial charge in [-0.25, -0.2) is 0 Å². The van der Waals surface area contributed by atoms with E-state index in [4.69, 9.17) is 11.6 Å². The number of hydrogen-bond donors (Lipinski definition) is 1. The lowest BCUT2D eigenvalue weighted by molar-refractivity contribution is 1.19. The van der Waals surface area contributed by atoms with Crippen molar-refractivity contribution < 1.29 is 0 Å². The number of benzene rings is 2. The average Bonchev–Trinajstić information content (AvgIpc) is 2.99. The Labute approximate surface area is 141 Å². The average molecular weight is 379 g/mol. The van der Waals surface area contributed by atoms with Crippen LogP contribution in [0.5, 0.6) is 0 Å². The highest BCUT2D eigenvalue weighted by atomic mass is 79.9. The van der Waals surface area contributed by atoms with Crippen LogP contribution in [0.15, 0.2) is 64.5 Å². The van der Waals surface area contributed by atoms with E-state index in [0.29, 0.717) is 0 Å². The fraction of sp³-hybridized carbons (Fsp3) is 0.0588. The summed E-state index contributed by atoms with van der Waals surface area (Å²) < 4.78 is 0.909. The van der Waals surface area contributed by atoms with E-state index in [9.17, 15) is 0 Å². The highest BCUT2D eigenvalue weighted by Gasteiger charge is 2.05. The lowest BCUT2D eigenvalue weighted by Gasteiger charge is -2.08. The van der Waals surface area contributed by atoms with Gasteiger partial charge in [0.25, 0.3) is 0 Å². The molecule has 0 unspecified atom stereocenters. The van der Waals surface area contributed by atoms with Gasteiger partial charge in [-0.2, -0.15) is 0 Å². The van der Waals surface area contributed by atoms with Gasteiger partial charge < -0.3 is 5.32 Å². The Bertz CT molecular complexity index is 740. The molecule has 0 saturated carbocycles. The minimum absolute atomic E-state index is 0.719. The van der Waals surface area contributed by atoms with E-state index in [1.165, 1.54) is 16.0 Å². The Balaban J connectivity index is 1.72. The second-order valence-electron chi connectivity index (χ2n) is 4.62. The predicted octanol–water partition coefficient (Wildman–Crippen LogP) is 6.44. The van der Waals surface area contributed by atoms with Crippen molar-refractivity contribution in [3.63, 3.8) is 0 Å². The van der Waals surface area contributed by atoms with Crippen molar-refractivity contribution in [2.45, 2.75) is 6.54 Å². The molecule has 1 nitrogen and oxygen atoms in total. The topological polar surface area (TPSA) is 12.0 Å². The Morgan fingerprint density at radius 3 is 2.62 bits per heavy atom. The van der Waals surface area contributed by atoms with Gasteiger partial charge in [-0.15, -0.1) is 11.3 Å². The van der Waals surface area contributed by atoms with Crippen LogP contribution in [0.1, 0.15) is 4.88 Å². The lowest BCUT2D eigenvalue weighted by Crippen LogP contribution is -1.98. The molecule has 0 aliphatic carbocycles. The highest BCUT2D eigenvalue weighted by Crippen LogP contribution is 2.31. The molecule has 0 radical (unpaired) electrons. The molecule has 0 atom stereocenters. The summed E-state index contributed by atoms with van der Waals surface area (Å²) in [6.45, 7) is 0.788. The van der Waals surface area contributed by atoms with Crippen LogP contribution in [0.25, 0.3) is 11.1 Å². The molecule has 2 aromatic carbocycles. The molecule has 1 heterocycles. The Hall–Kier alpha value is -1.29. The molecule has 1 N–H and O–H groups in total. The van der Waals surface area contributed by atoms with Crippen molar-refractivity contribution in [2.24, 2.45) is 0 Å². The zero-order valence-corrected chi connectivity index (χ0v) is 14.3. The summed E-state index contributed by atoms with van der Waals surface area (Å²) in [6, 6.07) is 18.5. The lowest BCUT2D eigenvalue weighted by atomic mass is 10.1. The first-order valence-electron chi connectivity index (χ1n) is 6.55. The fourth-order valence-electron chi connectivity index (χ4n) is 2.08. The van der Waals surface area contributed by atoms with Crippen molar-refractivity contribution in [2.75, 3.05) is 5.32 Å². The first-order valence-corrected chi connectivity index (χ1v) is 8.60. The van der Waals surface area contributed by atoms with E-state index >= 15 is 0 Å². The van der Waals surface area contributed by atoms with Gasteiger partial charge in [0.2, 0.25) is 0 Å². The number of thiophene rings is 1. The van der Waals surface area contributed by atoms with Gasteiger partial charge in [0.05, 0.1) is 15.2 Å².